The van der Waals surface area contributed by atoms with Crippen LogP contribution in [0.3, 0.4) is 0 Å². The third kappa shape index (κ3) is 2.63. The number of pyridine rings is 1. The van der Waals surface area contributed by atoms with Crippen molar-refractivity contribution in [3.63, 3.8) is 0 Å². The zero-order chi connectivity index (χ0) is 17.4. The molecule has 3 heterocycles. The van der Waals surface area contributed by atoms with E-state index < -0.39 is 0 Å². The molecule has 0 unspecified atom stereocenters. The summed E-state index contributed by atoms with van der Waals surface area (Å²) < 4.78 is 1.55. The Bertz CT molecular complexity index is 1100. The molecule has 3 aromatic heterocycles. The Kier molecular flexibility index (Phi) is 3.69. The fraction of sp³-hybridized carbons (Fsp3) is 0.150. The van der Waals surface area contributed by atoms with Crippen molar-refractivity contribution in [1.29, 1.82) is 0 Å². The quantitative estimate of drug-likeness (QED) is 0.627. The Morgan fingerprint density at radius 1 is 1.04 bits per heavy atom. The molecule has 0 atom stereocenters. The molecular weight excluding hydrogens is 312 g/mol. The van der Waals surface area contributed by atoms with Gasteiger partial charge in [-0.05, 0) is 37.1 Å². The molecule has 0 spiro atoms. The molecule has 1 N–H and O–H groups in total. The van der Waals surface area contributed by atoms with Crippen LogP contribution in [0.25, 0.3) is 16.8 Å². The Balaban J connectivity index is 1.91. The summed E-state index contributed by atoms with van der Waals surface area (Å²) in [5.74, 6) is 0. The van der Waals surface area contributed by atoms with E-state index in [4.69, 9.17) is 4.98 Å². The maximum Gasteiger partial charge on any atom is 0.276 e. The molecule has 0 saturated carbocycles. The molecule has 0 amide bonds. The van der Waals surface area contributed by atoms with Crippen LogP contribution in [0.15, 0.2) is 59.7 Å². The van der Waals surface area contributed by atoms with E-state index in [-0.39, 0.29) is 5.56 Å². The fourth-order valence-electron chi connectivity index (χ4n) is 3.19. The SMILES string of the molecule is Cc1nc2c(-c3ccncc3)c(C)[nH]n2c(=O)c1Cc1ccccc1. The number of fused-ring (bicyclic) bond motifs is 1. The molecule has 25 heavy (non-hydrogen) atoms. The summed E-state index contributed by atoms with van der Waals surface area (Å²) in [6.45, 7) is 3.86. The van der Waals surface area contributed by atoms with Gasteiger partial charge in [0.1, 0.15) is 0 Å². The number of hydrogen-bond acceptors (Lipinski definition) is 3. The predicted octanol–water partition coefficient (Wildman–Crippen LogP) is 3.29. The summed E-state index contributed by atoms with van der Waals surface area (Å²) in [6.07, 6.45) is 4.06. The van der Waals surface area contributed by atoms with Gasteiger partial charge in [0.25, 0.3) is 5.56 Å². The number of aromatic nitrogens is 4. The lowest BCUT2D eigenvalue weighted by Crippen LogP contribution is -2.22. The van der Waals surface area contributed by atoms with Gasteiger partial charge in [-0.1, -0.05) is 30.3 Å². The molecule has 0 fully saturated rings. The summed E-state index contributed by atoms with van der Waals surface area (Å²) in [4.78, 5) is 21.8. The minimum absolute atomic E-state index is 0.0465. The first-order chi connectivity index (χ1) is 12.1. The lowest BCUT2D eigenvalue weighted by atomic mass is 10.0. The summed E-state index contributed by atoms with van der Waals surface area (Å²) in [5.41, 5.74) is 6.03. The Labute approximate surface area is 145 Å². The van der Waals surface area contributed by atoms with Crippen LogP contribution in [-0.2, 0) is 6.42 Å². The van der Waals surface area contributed by atoms with Crippen molar-refractivity contribution < 1.29 is 0 Å². The second-order valence-electron chi connectivity index (χ2n) is 6.15. The third-order valence-electron chi connectivity index (χ3n) is 4.45. The van der Waals surface area contributed by atoms with Crippen molar-refractivity contribution in [2.45, 2.75) is 20.3 Å². The highest BCUT2D eigenvalue weighted by Crippen LogP contribution is 2.26. The van der Waals surface area contributed by atoms with Crippen LogP contribution >= 0.6 is 0 Å². The van der Waals surface area contributed by atoms with Crippen molar-refractivity contribution in [3.05, 3.63) is 87.7 Å². The first-order valence-corrected chi connectivity index (χ1v) is 8.20. The van der Waals surface area contributed by atoms with E-state index in [9.17, 15) is 4.79 Å². The lowest BCUT2D eigenvalue weighted by molar-refractivity contribution is 0.847. The van der Waals surface area contributed by atoms with Gasteiger partial charge < -0.3 is 0 Å². The molecule has 0 radical (unpaired) electrons. The van der Waals surface area contributed by atoms with Crippen LogP contribution in [0, 0.1) is 13.8 Å². The zero-order valence-electron chi connectivity index (χ0n) is 14.2. The number of rotatable bonds is 3. The van der Waals surface area contributed by atoms with Crippen LogP contribution in [-0.4, -0.2) is 19.6 Å². The number of H-pyrrole nitrogens is 1. The first-order valence-electron chi connectivity index (χ1n) is 8.20. The molecule has 0 aliphatic rings. The molecular formula is C20H18N4O. The minimum atomic E-state index is -0.0465. The van der Waals surface area contributed by atoms with Gasteiger partial charge in [0.15, 0.2) is 5.65 Å². The number of nitrogens with one attached hydrogen (secondary N) is 1. The monoisotopic (exact) mass is 330 g/mol. The van der Waals surface area contributed by atoms with E-state index >= 15 is 0 Å². The molecule has 0 bridgehead atoms. The highest BCUT2D eigenvalue weighted by molar-refractivity contribution is 5.79. The average molecular weight is 330 g/mol. The van der Waals surface area contributed by atoms with Gasteiger partial charge in [0.05, 0.1) is 0 Å². The smallest absolute Gasteiger partial charge is 0.276 e. The lowest BCUT2D eigenvalue weighted by Gasteiger charge is -2.06. The number of benzene rings is 1. The predicted molar refractivity (Wildman–Crippen MR) is 97.8 cm³/mol. The van der Waals surface area contributed by atoms with Crippen molar-refractivity contribution in [1.82, 2.24) is 19.6 Å². The summed E-state index contributed by atoms with van der Waals surface area (Å²) in [6, 6.07) is 13.8. The minimum Gasteiger partial charge on any atom is -0.293 e. The van der Waals surface area contributed by atoms with Gasteiger partial charge in [-0.15, -0.1) is 0 Å². The number of nitrogens with zero attached hydrogens (tertiary/aromatic N) is 3. The van der Waals surface area contributed by atoms with Crippen LogP contribution < -0.4 is 5.56 Å². The standard InChI is InChI=1S/C20H18N4O/c1-13-17(12-15-6-4-3-5-7-15)20(25)24-19(22-13)18(14(2)23-24)16-8-10-21-11-9-16/h3-11,23H,12H2,1-2H3. The van der Waals surface area contributed by atoms with Crippen molar-refractivity contribution in [3.8, 4) is 11.1 Å². The van der Waals surface area contributed by atoms with E-state index in [0.29, 0.717) is 17.6 Å². The van der Waals surface area contributed by atoms with Crippen LogP contribution in [0.2, 0.25) is 0 Å². The van der Waals surface area contributed by atoms with Gasteiger partial charge in [-0.25, -0.2) is 9.50 Å². The van der Waals surface area contributed by atoms with Crippen LogP contribution in [0.5, 0.6) is 0 Å². The van der Waals surface area contributed by atoms with Gasteiger partial charge in [0, 0.05) is 41.3 Å². The van der Waals surface area contributed by atoms with E-state index in [1.165, 1.54) is 0 Å². The van der Waals surface area contributed by atoms with Gasteiger partial charge in [0.2, 0.25) is 0 Å². The molecule has 0 saturated heterocycles. The van der Waals surface area contributed by atoms with Gasteiger partial charge >= 0.3 is 0 Å². The molecule has 5 heteroatoms. The summed E-state index contributed by atoms with van der Waals surface area (Å²) in [5, 5.41) is 3.17. The van der Waals surface area contributed by atoms with E-state index in [1.54, 1.807) is 16.9 Å². The molecule has 124 valence electrons. The molecule has 4 aromatic rings. The van der Waals surface area contributed by atoms with Crippen LogP contribution in [0.4, 0.5) is 0 Å². The van der Waals surface area contributed by atoms with Crippen molar-refractivity contribution >= 4 is 5.65 Å². The number of hydrogen-bond donors (Lipinski definition) is 1. The molecule has 0 aliphatic carbocycles. The molecule has 5 nitrogen and oxygen atoms in total. The Hall–Kier alpha value is -3.21. The second-order valence-corrected chi connectivity index (χ2v) is 6.15. The van der Waals surface area contributed by atoms with Gasteiger partial charge in [-0.3, -0.25) is 14.9 Å². The van der Waals surface area contributed by atoms with E-state index in [1.807, 2.05) is 56.3 Å². The maximum absolute atomic E-state index is 13.0. The average Bonchev–Trinajstić information content (AvgIpc) is 2.96. The largest absolute Gasteiger partial charge is 0.293 e. The second kappa shape index (κ2) is 6.02. The molecule has 4 rings (SSSR count). The van der Waals surface area contributed by atoms with Crippen LogP contribution in [0.1, 0.15) is 22.5 Å². The Morgan fingerprint density at radius 2 is 1.76 bits per heavy atom. The normalized spacial score (nSPS) is 11.1. The zero-order valence-corrected chi connectivity index (χ0v) is 14.2. The summed E-state index contributed by atoms with van der Waals surface area (Å²) >= 11 is 0. The maximum atomic E-state index is 13.0. The third-order valence-corrected chi connectivity index (χ3v) is 4.45. The number of aryl methyl sites for hydroxylation is 2. The van der Waals surface area contributed by atoms with E-state index in [0.717, 1.165) is 28.1 Å². The topological polar surface area (TPSA) is 63.1 Å². The highest BCUT2D eigenvalue weighted by Gasteiger charge is 2.17. The van der Waals surface area contributed by atoms with Crippen molar-refractivity contribution in [2.75, 3.05) is 0 Å². The number of aromatic amines is 1. The van der Waals surface area contributed by atoms with Crippen molar-refractivity contribution in [2.24, 2.45) is 0 Å². The Morgan fingerprint density at radius 3 is 2.48 bits per heavy atom. The van der Waals surface area contributed by atoms with Gasteiger partial charge in [-0.2, -0.15) is 0 Å². The molecule has 0 aliphatic heterocycles. The highest BCUT2D eigenvalue weighted by atomic mass is 16.1. The first kappa shape index (κ1) is 15.3. The fourth-order valence-corrected chi connectivity index (χ4v) is 3.19. The van der Waals surface area contributed by atoms with E-state index in [2.05, 4.69) is 10.1 Å². The summed E-state index contributed by atoms with van der Waals surface area (Å²) in [7, 11) is 0. The molecule has 1 aromatic carbocycles.